The summed E-state index contributed by atoms with van der Waals surface area (Å²) in [4.78, 5) is 15.2. The minimum Gasteiger partial charge on any atom is -0.478 e. The molecule has 0 radical (unpaired) electrons. The van der Waals surface area contributed by atoms with Crippen molar-refractivity contribution in [1.82, 2.24) is 4.98 Å². The molecule has 0 atom stereocenters. The summed E-state index contributed by atoms with van der Waals surface area (Å²) in [5.41, 5.74) is 1.43. The van der Waals surface area contributed by atoms with Crippen molar-refractivity contribution >= 4 is 23.1 Å². The number of anilines is 1. The summed E-state index contributed by atoms with van der Waals surface area (Å²) < 4.78 is 5.51. The molecule has 106 valence electrons. The third-order valence-electron chi connectivity index (χ3n) is 3.85. The Morgan fingerprint density at radius 2 is 2.25 bits per heavy atom. The van der Waals surface area contributed by atoms with Crippen LogP contribution in [-0.2, 0) is 0 Å². The Bertz CT molecular complexity index is 646. The second-order valence-electron chi connectivity index (χ2n) is 5.33. The lowest BCUT2D eigenvalue weighted by atomic mass is 10.0. The van der Waals surface area contributed by atoms with Crippen molar-refractivity contribution in [2.45, 2.75) is 19.3 Å². The highest BCUT2D eigenvalue weighted by molar-refractivity contribution is 5.92. The maximum atomic E-state index is 10.9. The van der Waals surface area contributed by atoms with Crippen LogP contribution in [0.3, 0.4) is 0 Å². The first-order chi connectivity index (χ1) is 9.62. The Balaban J connectivity index is 1.74. The summed E-state index contributed by atoms with van der Waals surface area (Å²) in [7, 11) is 0. The van der Waals surface area contributed by atoms with Gasteiger partial charge >= 0.3 is 5.97 Å². The van der Waals surface area contributed by atoms with E-state index in [4.69, 9.17) is 14.6 Å². The highest BCUT2D eigenvalue weighted by Crippen LogP contribution is 2.48. The lowest BCUT2D eigenvalue weighted by Crippen LogP contribution is -2.16. The highest BCUT2D eigenvalue weighted by Gasteiger charge is 2.41. The molecular formula is C14H16N2O4. The monoisotopic (exact) mass is 276 g/mol. The zero-order valence-corrected chi connectivity index (χ0v) is 10.9. The molecule has 3 rings (SSSR count). The van der Waals surface area contributed by atoms with Gasteiger partial charge in [0, 0.05) is 13.2 Å². The van der Waals surface area contributed by atoms with Crippen LogP contribution in [0.15, 0.2) is 22.6 Å². The maximum absolute atomic E-state index is 10.9. The number of aliphatic hydroxyl groups is 1. The number of nitrogens with one attached hydrogen (secondary N) is 1. The zero-order chi connectivity index (χ0) is 14.2. The topological polar surface area (TPSA) is 95.6 Å². The fourth-order valence-corrected chi connectivity index (χ4v) is 2.33. The van der Waals surface area contributed by atoms with E-state index >= 15 is 0 Å². The van der Waals surface area contributed by atoms with E-state index in [0.29, 0.717) is 23.7 Å². The number of oxazole rings is 1. The quantitative estimate of drug-likeness (QED) is 0.747. The standard InChI is InChI=1S/C14H16N2O4/c17-6-5-14(3-4-14)8-15-13-16-10-2-1-9(12(18)19)7-11(10)20-13/h1-2,7,17H,3-6,8H2,(H,15,16)(H,18,19). The Morgan fingerprint density at radius 1 is 1.45 bits per heavy atom. The van der Waals surface area contributed by atoms with E-state index in [1.165, 1.54) is 12.1 Å². The molecule has 1 aliphatic rings. The molecule has 1 aromatic heterocycles. The predicted molar refractivity (Wildman–Crippen MR) is 72.8 cm³/mol. The molecule has 1 aliphatic carbocycles. The van der Waals surface area contributed by atoms with Gasteiger partial charge in [-0.05, 0) is 42.9 Å². The molecular weight excluding hydrogens is 260 g/mol. The lowest BCUT2D eigenvalue weighted by Gasteiger charge is -2.12. The van der Waals surface area contributed by atoms with Crippen LogP contribution < -0.4 is 5.32 Å². The van der Waals surface area contributed by atoms with Crippen molar-refractivity contribution in [3.8, 4) is 0 Å². The largest absolute Gasteiger partial charge is 0.478 e. The van der Waals surface area contributed by atoms with Crippen molar-refractivity contribution < 1.29 is 19.4 Å². The van der Waals surface area contributed by atoms with Crippen LogP contribution in [0.5, 0.6) is 0 Å². The first kappa shape index (κ1) is 12.9. The van der Waals surface area contributed by atoms with Gasteiger partial charge < -0.3 is 19.9 Å². The number of hydrogen-bond acceptors (Lipinski definition) is 5. The van der Waals surface area contributed by atoms with E-state index < -0.39 is 5.97 Å². The van der Waals surface area contributed by atoms with E-state index in [1.54, 1.807) is 6.07 Å². The average Bonchev–Trinajstić information content (AvgIpc) is 3.06. The number of carboxylic acid groups (broad SMARTS) is 1. The second kappa shape index (κ2) is 4.79. The van der Waals surface area contributed by atoms with Crippen molar-refractivity contribution in [2.75, 3.05) is 18.5 Å². The van der Waals surface area contributed by atoms with Gasteiger partial charge in [0.25, 0.3) is 6.01 Å². The number of carbonyl (C=O) groups is 1. The number of fused-ring (bicyclic) bond motifs is 1. The van der Waals surface area contributed by atoms with E-state index in [1.807, 2.05) is 0 Å². The molecule has 2 aromatic rings. The van der Waals surface area contributed by atoms with Crippen LogP contribution in [0.25, 0.3) is 11.1 Å². The number of hydrogen-bond donors (Lipinski definition) is 3. The first-order valence-corrected chi connectivity index (χ1v) is 6.61. The average molecular weight is 276 g/mol. The van der Waals surface area contributed by atoms with Gasteiger partial charge in [-0.3, -0.25) is 0 Å². The molecule has 0 amide bonds. The molecule has 1 fully saturated rings. The first-order valence-electron chi connectivity index (χ1n) is 6.61. The van der Waals surface area contributed by atoms with Crippen LogP contribution in [0.2, 0.25) is 0 Å². The molecule has 3 N–H and O–H groups in total. The summed E-state index contributed by atoms with van der Waals surface area (Å²) in [6.45, 7) is 0.906. The summed E-state index contributed by atoms with van der Waals surface area (Å²) in [6, 6.07) is 5.00. The number of rotatable bonds is 6. The smallest absolute Gasteiger partial charge is 0.335 e. The zero-order valence-electron chi connectivity index (χ0n) is 10.9. The van der Waals surface area contributed by atoms with E-state index in [2.05, 4.69) is 10.3 Å². The number of carboxylic acids is 1. The Hall–Kier alpha value is -2.08. The van der Waals surface area contributed by atoms with Gasteiger partial charge in [-0.15, -0.1) is 0 Å². The van der Waals surface area contributed by atoms with E-state index in [-0.39, 0.29) is 17.6 Å². The van der Waals surface area contributed by atoms with Gasteiger partial charge in [0.05, 0.1) is 5.56 Å². The van der Waals surface area contributed by atoms with Crippen LogP contribution in [-0.4, -0.2) is 34.3 Å². The van der Waals surface area contributed by atoms with Crippen molar-refractivity contribution in [3.63, 3.8) is 0 Å². The predicted octanol–water partition coefficient (Wildman–Crippen LogP) is 2.10. The Morgan fingerprint density at radius 3 is 2.90 bits per heavy atom. The summed E-state index contributed by atoms with van der Waals surface area (Å²) in [6.07, 6.45) is 2.98. The van der Waals surface area contributed by atoms with Gasteiger partial charge in [0.15, 0.2) is 5.58 Å². The van der Waals surface area contributed by atoms with Gasteiger partial charge in [0.2, 0.25) is 0 Å². The fraction of sp³-hybridized carbons (Fsp3) is 0.429. The minimum absolute atomic E-state index is 0.168. The molecule has 1 saturated carbocycles. The molecule has 0 saturated heterocycles. The number of aromatic nitrogens is 1. The van der Waals surface area contributed by atoms with Gasteiger partial charge in [0.1, 0.15) is 5.52 Å². The summed E-state index contributed by atoms with van der Waals surface area (Å²) in [5.74, 6) is -0.988. The van der Waals surface area contributed by atoms with Crippen LogP contribution in [0, 0.1) is 5.41 Å². The molecule has 6 heteroatoms. The van der Waals surface area contributed by atoms with Crippen molar-refractivity contribution in [3.05, 3.63) is 23.8 Å². The summed E-state index contributed by atoms with van der Waals surface area (Å²) >= 11 is 0. The van der Waals surface area contributed by atoms with Crippen molar-refractivity contribution in [2.24, 2.45) is 5.41 Å². The maximum Gasteiger partial charge on any atom is 0.335 e. The van der Waals surface area contributed by atoms with Crippen LogP contribution in [0.4, 0.5) is 6.01 Å². The molecule has 20 heavy (non-hydrogen) atoms. The molecule has 0 spiro atoms. The lowest BCUT2D eigenvalue weighted by molar-refractivity contribution is 0.0697. The number of aromatic carboxylic acids is 1. The number of nitrogens with zero attached hydrogens (tertiary/aromatic N) is 1. The molecule has 0 aliphatic heterocycles. The van der Waals surface area contributed by atoms with Crippen LogP contribution in [0.1, 0.15) is 29.6 Å². The van der Waals surface area contributed by atoms with Crippen LogP contribution >= 0.6 is 0 Å². The molecule has 0 bridgehead atoms. The Labute approximate surface area is 115 Å². The summed E-state index contributed by atoms with van der Waals surface area (Å²) in [5, 5.41) is 21.1. The van der Waals surface area contributed by atoms with Gasteiger partial charge in [-0.25, -0.2) is 4.79 Å². The van der Waals surface area contributed by atoms with Gasteiger partial charge in [-0.1, -0.05) is 0 Å². The molecule has 1 heterocycles. The molecule has 1 aromatic carbocycles. The number of aliphatic hydroxyl groups excluding tert-OH is 1. The minimum atomic E-state index is -0.988. The molecule has 0 unspecified atom stereocenters. The number of benzene rings is 1. The van der Waals surface area contributed by atoms with Crippen molar-refractivity contribution in [1.29, 1.82) is 0 Å². The SMILES string of the molecule is O=C(O)c1ccc2nc(NCC3(CCO)CC3)oc2c1. The van der Waals surface area contributed by atoms with Gasteiger partial charge in [-0.2, -0.15) is 4.98 Å². The normalized spacial score (nSPS) is 16.2. The van der Waals surface area contributed by atoms with E-state index in [9.17, 15) is 4.79 Å². The second-order valence-corrected chi connectivity index (χ2v) is 5.33. The molecule has 6 nitrogen and oxygen atoms in total. The third-order valence-corrected chi connectivity index (χ3v) is 3.85. The Kier molecular flexibility index (Phi) is 3.10. The third kappa shape index (κ3) is 2.46. The van der Waals surface area contributed by atoms with E-state index in [0.717, 1.165) is 19.3 Å². The highest BCUT2D eigenvalue weighted by atomic mass is 16.4. The fourth-order valence-electron chi connectivity index (χ4n) is 2.33.